The highest BCUT2D eigenvalue weighted by Crippen LogP contribution is 2.23. The fourth-order valence-corrected chi connectivity index (χ4v) is 1.31. The first-order valence-electron chi connectivity index (χ1n) is 5.47. The molecule has 0 fully saturated rings. The van der Waals surface area contributed by atoms with Gasteiger partial charge in [-0.05, 0) is 39.0 Å². The Hall–Kier alpha value is -0.0800. The average Bonchev–Trinajstić information content (AvgIpc) is 2.14. The highest BCUT2D eigenvalue weighted by atomic mass is 14.8. The molecule has 1 atom stereocenters. The second-order valence-corrected chi connectivity index (χ2v) is 4.58. The van der Waals surface area contributed by atoms with Gasteiger partial charge in [0.05, 0.1) is 0 Å². The molecule has 2 heteroatoms. The van der Waals surface area contributed by atoms with E-state index in [9.17, 15) is 0 Å². The minimum absolute atomic E-state index is 0.00972. The molecule has 0 bridgehead atoms. The van der Waals surface area contributed by atoms with E-state index >= 15 is 0 Å². The quantitative estimate of drug-likeness (QED) is 0.669. The fraction of sp³-hybridized carbons (Fsp3) is 1.00. The van der Waals surface area contributed by atoms with E-state index in [0.717, 1.165) is 32.1 Å². The van der Waals surface area contributed by atoms with E-state index in [-0.39, 0.29) is 11.1 Å². The molecule has 0 aromatic heterocycles. The summed E-state index contributed by atoms with van der Waals surface area (Å²) in [5, 5.41) is 0. The lowest BCUT2D eigenvalue weighted by Crippen LogP contribution is -2.43. The van der Waals surface area contributed by atoms with Crippen molar-refractivity contribution in [2.75, 3.05) is 0 Å². The molecular formula is C11H26N2. The predicted molar refractivity (Wildman–Crippen MR) is 59.6 cm³/mol. The van der Waals surface area contributed by atoms with Crippen molar-refractivity contribution in [1.29, 1.82) is 0 Å². The molecule has 0 amide bonds. The van der Waals surface area contributed by atoms with Crippen LogP contribution in [0.4, 0.5) is 0 Å². The summed E-state index contributed by atoms with van der Waals surface area (Å²) in [5.41, 5.74) is 12.3. The number of hydrogen-bond donors (Lipinski definition) is 2. The van der Waals surface area contributed by atoms with E-state index in [1.807, 2.05) is 0 Å². The molecule has 0 saturated heterocycles. The van der Waals surface area contributed by atoms with Gasteiger partial charge in [-0.2, -0.15) is 0 Å². The van der Waals surface area contributed by atoms with Crippen molar-refractivity contribution < 1.29 is 0 Å². The van der Waals surface area contributed by atoms with Crippen LogP contribution >= 0.6 is 0 Å². The van der Waals surface area contributed by atoms with Gasteiger partial charge in [0.2, 0.25) is 0 Å². The Labute approximate surface area is 83.1 Å². The van der Waals surface area contributed by atoms with Gasteiger partial charge in [0.1, 0.15) is 0 Å². The predicted octanol–water partition coefficient (Wildman–Crippen LogP) is 2.41. The summed E-state index contributed by atoms with van der Waals surface area (Å²) in [6.45, 7) is 8.56. The molecule has 4 N–H and O–H groups in total. The first-order chi connectivity index (χ1) is 5.89. The van der Waals surface area contributed by atoms with Gasteiger partial charge in [0.15, 0.2) is 0 Å². The van der Waals surface area contributed by atoms with Gasteiger partial charge >= 0.3 is 0 Å². The lowest BCUT2D eigenvalue weighted by atomic mass is 9.83. The molecule has 0 rings (SSSR count). The van der Waals surface area contributed by atoms with E-state index in [1.54, 1.807) is 0 Å². The third-order valence-corrected chi connectivity index (χ3v) is 3.41. The van der Waals surface area contributed by atoms with E-state index < -0.39 is 0 Å². The third-order valence-electron chi connectivity index (χ3n) is 3.41. The topological polar surface area (TPSA) is 52.0 Å². The summed E-state index contributed by atoms with van der Waals surface area (Å²) < 4.78 is 0. The van der Waals surface area contributed by atoms with Gasteiger partial charge in [-0.15, -0.1) is 0 Å². The Morgan fingerprint density at radius 1 is 0.846 bits per heavy atom. The molecule has 2 nitrogen and oxygen atoms in total. The van der Waals surface area contributed by atoms with Crippen LogP contribution in [0.3, 0.4) is 0 Å². The summed E-state index contributed by atoms with van der Waals surface area (Å²) in [7, 11) is 0. The van der Waals surface area contributed by atoms with E-state index in [1.165, 1.54) is 0 Å². The van der Waals surface area contributed by atoms with Crippen molar-refractivity contribution in [3.63, 3.8) is 0 Å². The summed E-state index contributed by atoms with van der Waals surface area (Å²) in [6, 6.07) is 0. The summed E-state index contributed by atoms with van der Waals surface area (Å²) in [4.78, 5) is 0. The van der Waals surface area contributed by atoms with Crippen molar-refractivity contribution in [2.45, 2.75) is 70.9 Å². The second-order valence-electron chi connectivity index (χ2n) is 4.58. The first kappa shape index (κ1) is 12.9. The van der Waals surface area contributed by atoms with Crippen LogP contribution in [0.15, 0.2) is 0 Å². The van der Waals surface area contributed by atoms with Crippen LogP contribution in [-0.2, 0) is 0 Å². The Morgan fingerprint density at radius 3 is 1.62 bits per heavy atom. The van der Waals surface area contributed by atoms with Crippen LogP contribution < -0.4 is 11.5 Å². The summed E-state index contributed by atoms with van der Waals surface area (Å²) >= 11 is 0. The highest BCUT2D eigenvalue weighted by molar-refractivity contribution is 4.86. The van der Waals surface area contributed by atoms with Crippen LogP contribution in [0.25, 0.3) is 0 Å². The molecule has 0 heterocycles. The number of nitrogens with two attached hydrogens (primary N) is 2. The normalized spacial score (nSPS) is 17.1. The molecular weight excluding hydrogens is 160 g/mol. The monoisotopic (exact) mass is 186 g/mol. The zero-order chi connectivity index (χ0) is 10.5. The molecule has 0 aliphatic carbocycles. The van der Waals surface area contributed by atoms with Crippen LogP contribution in [0.1, 0.15) is 59.8 Å². The third kappa shape index (κ3) is 4.63. The largest absolute Gasteiger partial charge is 0.325 e. The van der Waals surface area contributed by atoms with Gasteiger partial charge in [-0.25, -0.2) is 0 Å². The van der Waals surface area contributed by atoms with Gasteiger partial charge in [-0.3, -0.25) is 0 Å². The Bertz CT molecular complexity index is 137. The minimum atomic E-state index is -0.0328. The maximum absolute atomic E-state index is 6.20. The Balaban J connectivity index is 3.99. The lowest BCUT2D eigenvalue weighted by Gasteiger charge is -2.31. The zero-order valence-electron chi connectivity index (χ0n) is 9.69. The molecule has 0 aliphatic rings. The second kappa shape index (κ2) is 4.97. The molecule has 0 aliphatic heterocycles. The van der Waals surface area contributed by atoms with Crippen molar-refractivity contribution in [3.8, 4) is 0 Å². The smallest absolute Gasteiger partial charge is 0.0149 e. The van der Waals surface area contributed by atoms with Gasteiger partial charge in [0.25, 0.3) is 0 Å². The first-order valence-corrected chi connectivity index (χ1v) is 5.47. The molecule has 13 heavy (non-hydrogen) atoms. The molecule has 0 saturated carbocycles. The van der Waals surface area contributed by atoms with Crippen molar-refractivity contribution >= 4 is 0 Å². The summed E-state index contributed by atoms with van der Waals surface area (Å²) in [5.74, 6) is 0. The molecule has 80 valence electrons. The van der Waals surface area contributed by atoms with Gasteiger partial charge < -0.3 is 11.5 Å². The molecule has 0 radical (unpaired) electrons. The molecule has 0 spiro atoms. The Kier molecular flexibility index (Phi) is 4.93. The van der Waals surface area contributed by atoms with Crippen LogP contribution in [-0.4, -0.2) is 11.1 Å². The van der Waals surface area contributed by atoms with Crippen molar-refractivity contribution in [1.82, 2.24) is 0 Å². The molecule has 0 aromatic rings. The maximum atomic E-state index is 6.20. The minimum Gasteiger partial charge on any atom is -0.325 e. The van der Waals surface area contributed by atoms with Crippen LogP contribution in [0.5, 0.6) is 0 Å². The van der Waals surface area contributed by atoms with Gasteiger partial charge in [-0.1, -0.05) is 20.8 Å². The highest BCUT2D eigenvalue weighted by Gasteiger charge is 2.24. The molecule has 0 aromatic carbocycles. The van der Waals surface area contributed by atoms with E-state index in [4.69, 9.17) is 11.5 Å². The zero-order valence-corrected chi connectivity index (χ0v) is 9.69. The fourth-order valence-electron chi connectivity index (χ4n) is 1.31. The number of rotatable bonds is 6. The van der Waals surface area contributed by atoms with E-state index in [0.29, 0.717) is 0 Å². The molecule has 1 unspecified atom stereocenters. The SMILES string of the molecule is CCC(C)(N)CCC(N)(CC)CC. The summed E-state index contributed by atoms with van der Waals surface area (Å²) in [6.07, 6.45) is 5.19. The Morgan fingerprint density at radius 2 is 1.31 bits per heavy atom. The van der Waals surface area contributed by atoms with Gasteiger partial charge in [0, 0.05) is 11.1 Å². The van der Waals surface area contributed by atoms with E-state index in [2.05, 4.69) is 27.7 Å². The lowest BCUT2D eigenvalue weighted by molar-refractivity contribution is 0.301. The van der Waals surface area contributed by atoms with Crippen LogP contribution in [0.2, 0.25) is 0 Å². The van der Waals surface area contributed by atoms with Crippen LogP contribution in [0, 0.1) is 0 Å². The van der Waals surface area contributed by atoms with Crippen molar-refractivity contribution in [2.24, 2.45) is 11.5 Å². The standard InChI is InChI=1S/C11H26N2/c1-5-10(4,12)8-9-11(13,6-2)7-3/h5-9,12-13H2,1-4H3. The van der Waals surface area contributed by atoms with Crippen molar-refractivity contribution in [3.05, 3.63) is 0 Å². The average molecular weight is 186 g/mol. The number of hydrogen-bond acceptors (Lipinski definition) is 2. The maximum Gasteiger partial charge on any atom is 0.0149 e.